The minimum absolute atomic E-state index is 0.110. The lowest BCUT2D eigenvalue weighted by Crippen LogP contribution is -2.42. The molecule has 28 heavy (non-hydrogen) atoms. The van der Waals surface area contributed by atoms with Gasteiger partial charge in [0, 0.05) is 17.2 Å². The first-order valence-corrected chi connectivity index (χ1v) is 9.71. The van der Waals surface area contributed by atoms with Crippen LogP contribution in [0.4, 0.5) is 0 Å². The fourth-order valence-corrected chi connectivity index (χ4v) is 3.51. The van der Waals surface area contributed by atoms with Crippen LogP contribution in [-0.2, 0) is 9.53 Å². The number of ketones is 1. The number of hydrogen-bond donors (Lipinski definition) is 1. The number of esters is 1. The highest BCUT2D eigenvalue weighted by Crippen LogP contribution is 2.23. The highest BCUT2D eigenvalue weighted by atomic mass is 16.5. The Kier molecular flexibility index (Phi) is 6.58. The molecular weight excluding hydrogens is 354 g/mol. The van der Waals surface area contributed by atoms with Crippen molar-refractivity contribution in [1.82, 2.24) is 5.32 Å². The Bertz CT molecular complexity index is 829. The number of carbonyl (C=O) groups is 3. The van der Waals surface area contributed by atoms with Crippen molar-refractivity contribution < 1.29 is 19.1 Å². The molecule has 1 fully saturated rings. The smallest absolute Gasteiger partial charge is 0.338 e. The summed E-state index contributed by atoms with van der Waals surface area (Å²) in [6, 6.07) is 15.4. The van der Waals surface area contributed by atoms with Gasteiger partial charge in [-0.1, -0.05) is 62.2 Å². The minimum Gasteiger partial charge on any atom is -0.452 e. The third-order valence-corrected chi connectivity index (χ3v) is 5.21. The molecule has 3 rings (SSSR count). The van der Waals surface area contributed by atoms with E-state index in [2.05, 4.69) is 12.2 Å². The van der Waals surface area contributed by atoms with Gasteiger partial charge < -0.3 is 10.1 Å². The van der Waals surface area contributed by atoms with Crippen LogP contribution in [0.1, 0.15) is 58.9 Å². The Labute approximate surface area is 165 Å². The molecule has 0 bridgehead atoms. The van der Waals surface area contributed by atoms with E-state index in [-0.39, 0.29) is 24.3 Å². The summed E-state index contributed by atoms with van der Waals surface area (Å²) < 4.78 is 5.12. The van der Waals surface area contributed by atoms with E-state index in [4.69, 9.17) is 4.74 Å². The molecule has 0 saturated heterocycles. The highest BCUT2D eigenvalue weighted by Gasteiger charge is 2.23. The molecule has 2 aromatic carbocycles. The molecule has 0 spiro atoms. The van der Waals surface area contributed by atoms with Gasteiger partial charge in [0.2, 0.25) is 0 Å². The van der Waals surface area contributed by atoms with Crippen LogP contribution in [0, 0.1) is 5.92 Å². The van der Waals surface area contributed by atoms with E-state index in [1.807, 2.05) is 6.07 Å². The van der Waals surface area contributed by atoms with Gasteiger partial charge in [-0.3, -0.25) is 9.59 Å². The van der Waals surface area contributed by atoms with Gasteiger partial charge in [0.1, 0.15) is 0 Å². The summed E-state index contributed by atoms with van der Waals surface area (Å²) in [4.78, 5) is 36.6. The average molecular weight is 379 g/mol. The molecule has 2 aromatic rings. The number of rotatable bonds is 6. The number of nitrogens with one attached hydrogen (secondary N) is 1. The Morgan fingerprint density at radius 3 is 2.18 bits per heavy atom. The van der Waals surface area contributed by atoms with Gasteiger partial charge in [-0.05, 0) is 30.9 Å². The van der Waals surface area contributed by atoms with E-state index in [9.17, 15) is 14.4 Å². The number of amides is 1. The summed E-state index contributed by atoms with van der Waals surface area (Å²) >= 11 is 0. The fourth-order valence-electron chi connectivity index (χ4n) is 3.51. The second-order valence-electron chi connectivity index (χ2n) is 7.28. The maximum atomic E-state index is 12.4. The zero-order valence-corrected chi connectivity index (χ0v) is 16.0. The van der Waals surface area contributed by atoms with Gasteiger partial charge in [-0.15, -0.1) is 0 Å². The SMILES string of the molecule is C[C@@H]1CCCC[C@H]1NC(=O)COC(=O)c1ccc(C(=O)c2ccccc2)cc1. The van der Waals surface area contributed by atoms with Crippen molar-refractivity contribution in [3.05, 3.63) is 71.3 Å². The van der Waals surface area contributed by atoms with E-state index in [0.717, 1.165) is 19.3 Å². The minimum atomic E-state index is -0.578. The van der Waals surface area contributed by atoms with Crippen LogP contribution >= 0.6 is 0 Å². The molecule has 1 N–H and O–H groups in total. The van der Waals surface area contributed by atoms with Gasteiger partial charge in [0.15, 0.2) is 12.4 Å². The van der Waals surface area contributed by atoms with Crippen molar-refractivity contribution in [3.63, 3.8) is 0 Å². The molecule has 1 amide bonds. The van der Waals surface area contributed by atoms with Crippen LogP contribution in [0.25, 0.3) is 0 Å². The molecule has 1 aliphatic rings. The van der Waals surface area contributed by atoms with Crippen LogP contribution in [0.15, 0.2) is 54.6 Å². The van der Waals surface area contributed by atoms with Crippen LogP contribution in [-0.4, -0.2) is 30.3 Å². The summed E-state index contributed by atoms with van der Waals surface area (Å²) in [6.07, 6.45) is 4.39. The van der Waals surface area contributed by atoms with Crippen molar-refractivity contribution >= 4 is 17.7 Å². The molecular formula is C23H25NO4. The van der Waals surface area contributed by atoms with Crippen molar-refractivity contribution in [1.29, 1.82) is 0 Å². The molecule has 2 atom stereocenters. The summed E-state index contributed by atoms with van der Waals surface area (Å²) in [7, 11) is 0. The monoisotopic (exact) mass is 379 g/mol. The molecule has 1 saturated carbocycles. The van der Waals surface area contributed by atoms with E-state index in [1.165, 1.54) is 6.42 Å². The summed E-state index contributed by atoms with van der Waals surface area (Å²) in [5, 5.41) is 2.96. The molecule has 146 valence electrons. The maximum absolute atomic E-state index is 12.4. The average Bonchev–Trinajstić information content (AvgIpc) is 2.74. The molecule has 0 aromatic heterocycles. The summed E-state index contributed by atoms with van der Waals surface area (Å²) in [5.41, 5.74) is 1.39. The van der Waals surface area contributed by atoms with E-state index >= 15 is 0 Å². The second kappa shape index (κ2) is 9.31. The normalized spacial score (nSPS) is 18.9. The van der Waals surface area contributed by atoms with Crippen molar-refractivity contribution in [2.45, 2.75) is 38.6 Å². The zero-order chi connectivity index (χ0) is 19.9. The largest absolute Gasteiger partial charge is 0.452 e. The Hall–Kier alpha value is -2.95. The second-order valence-corrected chi connectivity index (χ2v) is 7.28. The van der Waals surface area contributed by atoms with Crippen LogP contribution < -0.4 is 5.32 Å². The highest BCUT2D eigenvalue weighted by molar-refractivity contribution is 6.09. The van der Waals surface area contributed by atoms with Crippen molar-refractivity contribution in [2.24, 2.45) is 5.92 Å². The van der Waals surface area contributed by atoms with Crippen LogP contribution in [0.3, 0.4) is 0 Å². The van der Waals surface area contributed by atoms with Gasteiger partial charge in [-0.2, -0.15) is 0 Å². The van der Waals surface area contributed by atoms with E-state index in [0.29, 0.717) is 22.6 Å². The Balaban J connectivity index is 1.52. The Morgan fingerprint density at radius 2 is 1.50 bits per heavy atom. The molecule has 0 radical (unpaired) electrons. The van der Waals surface area contributed by atoms with E-state index in [1.54, 1.807) is 48.5 Å². The van der Waals surface area contributed by atoms with Gasteiger partial charge in [0.05, 0.1) is 5.56 Å². The topological polar surface area (TPSA) is 72.5 Å². The lowest BCUT2D eigenvalue weighted by Gasteiger charge is -2.29. The molecule has 0 heterocycles. The molecule has 5 heteroatoms. The quantitative estimate of drug-likeness (QED) is 0.613. The first-order chi connectivity index (χ1) is 13.5. The van der Waals surface area contributed by atoms with Crippen LogP contribution in [0.5, 0.6) is 0 Å². The lowest BCUT2D eigenvalue weighted by atomic mass is 9.86. The standard InChI is InChI=1S/C23H25NO4/c1-16-7-5-6-10-20(16)24-21(25)15-28-23(27)19-13-11-18(12-14-19)22(26)17-8-3-2-4-9-17/h2-4,8-9,11-14,16,20H,5-7,10,15H2,1H3,(H,24,25)/t16-,20-/m1/s1. The van der Waals surface area contributed by atoms with Gasteiger partial charge >= 0.3 is 5.97 Å². The summed E-state index contributed by atoms with van der Waals surface area (Å²) in [5.74, 6) is -0.516. The van der Waals surface area contributed by atoms with Gasteiger partial charge in [-0.25, -0.2) is 4.79 Å². The number of carbonyl (C=O) groups excluding carboxylic acids is 3. The Morgan fingerprint density at radius 1 is 0.893 bits per heavy atom. The summed E-state index contributed by atoms with van der Waals surface area (Å²) in [6.45, 7) is 1.83. The molecule has 0 unspecified atom stereocenters. The predicted molar refractivity (Wildman–Crippen MR) is 106 cm³/mol. The molecule has 0 aliphatic heterocycles. The number of ether oxygens (including phenoxy) is 1. The fraction of sp³-hybridized carbons (Fsp3) is 0.348. The predicted octanol–water partition coefficient (Wildman–Crippen LogP) is 3.77. The first kappa shape index (κ1) is 19.8. The van der Waals surface area contributed by atoms with Gasteiger partial charge in [0.25, 0.3) is 5.91 Å². The molecule has 1 aliphatic carbocycles. The third kappa shape index (κ3) is 5.06. The van der Waals surface area contributed by atoms with Crippen molar-refractivity contribution in [2.75, 3.05) is 6.61 Å². The van der Waals surface area contributed by atoms with Crippen LogP contribution in [0.2, 0.25) is 0 Å². The zero-order valence-electron chi connectivity index (χ0n) is 16.0. The first-order valence-electron chi connectivity index (χ1n) is 9.71. The van der Waals surface area contributed by atoms with Crippen molar-refractivity contribution in [3.8, 4) is 0 Å². The maximum Gasteiger partial charge on any atom is 0.338 e. The third-order valence-electron chi connectivity index (χ3n) is 5.21. The number of benzene rings is 2. The van der Waals surface area contributed by atoms with E-state index < -0.39 is 5.97 Å². The molecule has 5 nitrogen and oxygen atoms in total. The lowest BCUT2D eigenvalue weighted by molar-refractivity contribution is -0.125. The number of hydrogen-bond acceptors (Lipinski definition) is 4.